The first-order chi connectivity index (χ1) is 22.0. The summed E-state index contributed by atoms with van der Waals surface area (Å²) >= 11 is 0. The summed E-state index contributed by atoms with van der Waals surface area (Å²) in [4.78, 5) is 2.76. The van der Waals surface area contributed by atoms with Crippen molar-refractivity contribution in [3.8, 4) is 0 Å². The number of rotatable bonds is 2. The molecule has 0 fully saturated rings. The highest BCUT2D eigenvalue weighted by molar-refractivity contribution is 6.71. The highest BCUT2D eigenvalue weighted by Gasteiger charge is 2.53. The SMILES string of the molecule is Bc1c(B)c(B)c(C2(c3c(B)c(B)c(B)c(B)c3B)c3c(B)c(B)c(B)c(B)c3N(C(C)(C)C)c3c(B)c(B)c(B)c(B)c32)c(B)c1B. The Morgan fingerprint density at radius 1 is 0.292 bits per heavy atom. The quantitative estimate of drug-likeness (QED) is 0.206. The molecule has 4 aromatic carbocycles. The summed E-state index contributed by atoms with van der Waals surface area (Å²) in [5.74, 6) is 0. The molecule has 1 nitrogen and oxygen atoms in total. The zero-order chi connectivity index (χ0) is 36.4. The molecular formula is C29H45B18N. The molecule has 4 aromatic rings. The number of anilines is 2. The van der Waals surface area contributed by atoms with E-state index in [4.69, 9.17) is 0 Å². The van der Waals surface area contributed by atoms with E-state index < -0.39 is 5.41 Å². The van der Waals surface area contributed by atoms with Gasteiger partial charge < -0.3 is 4.90 Å². The van der Waals surface area contributed by atoms with Gasteiger partial charge in [-0.2, -0.15) is 0 Å². The molecule has 1 heterocycles. The van der Waals surface area contributed by atoms with Gasteiger partial charge in [-0.1, -0.05) is 54.6 Å². The van der Waals surface area contributed by atoms with E-state index in [0.717, 1.165) is 0 Å². The van der Waals surface area contributed by atoms with Crippen LogP contribution in [0.25, 0.3) is 0 Å². The van der Waals surface area contributed by atoms with Crippen molar-refractivity contribution in [3.05, 3.63) is 22.3 Å². The Hall–Kier alpha value is -2.15. The van der Waals surface area contributed by atoms with Gasteiger partial charge in [0.05, 0.1) is 5.41 Å². The summed E-state index contributed by atoms with van der Waals surface area (Å²) in [5.41, 5.74) is 33.6. The standard InChI is InChI=1S/C29H45B18N/c1-28(2,3)48-26-6(12(34)18(40)22(44)24(26)46)29(4-8(30)14(36)20(42)15(37)9(4)31,5-10(32)16(38)21(43)17(39)11(5)33)7-13(35)19(41)23(45)25(47)27(7)48/h30-47H2,1-3H3. The van der Waals surface area contributed by atoms with Gasteiger partial charge in [-0.3, -0.25) is 0 Å². The third-order valence-corrected chi connectivity index (χ3v) is 13.9. The third-order valence-electron chi connectivity index (χ3n) is 13.9. The first-order valence-corrected chi connectivity index (χ1v) is 18.2. The van der Waals surface area contributed by atoms with Gasteiger partial charge in [0.25, 0.3) is 0 Å². The predicted octanol–water partition coefficient (Wildman–Crippen LogP) is -24.0. The monoisotopic (exact) mass is 606 g/mol. The Kier molecular flexibility index (Phi) is 9.26. The van der Waals surface area contributed by atoms with Crippen LogP contribution in [0.4, 0.5) is 11.4 Å². The molecule has 0 amide bonds. The molecule has 0 aromatic heterocycles. The Morgan fingerprint density at radius 3 is 0.708 bits per heavy atom. The van der Waals surface area contributed by atoms with Crippen molar-refractivity contribution in [1.82, 2.24) is 0 Å². The fourth-order valence-corrected chi connectivity index (χ4v) is 9.72. The van der Waals surface area contributed by atoms with Gasteiger partial charge in [0.15, 0.2) is 0 Å². The Labute approximate surface area is 308 Å². The highest BCUT2D eigenvalue weighted by Crippen LogP contribution is 2.53. The lowest BCUT2D eigenvalue weighted by Gasteiger charge is -2.56. The van der Waals surface area contributed by atoms with E-state index in [1.165, 1.54) is 132 Å². The van der Waals surface area contributed by atoms with Gasteiger partial charge in [-0.15, -0.1) is 43.7 Å². The smallest absolute Gasteiger partial charge is 0.141 e. The van der Waals surface area contributed by atoms with E-state index in [1.807, 2.05) is 0 Å². The molecule has 19 heteroatoms. The van der Waals surface area contributed by atoms with Gasteiger partial charge in [0.2, 0.25) is 0 Å². The third kappa shape index (κ3) is 4.63. The molecule has 0 unspecified atom stereocenters. The molecule has 0 aliphatic carbocycles. The van der Waals surface area contributed by atoms with Gasteiger partial charge >= 0.3 is 0 Å². The van der Waals surface area contributed by atoms with Crippen molar-refractivity contribution >= 4 is 251 Å². The molecule has 0 spiro atoms. The van der Waals surface area contributed by atoms with Crippen LogP contribution in [-0.2, 0) is 5.41 Å². The average molecular weight is 602 g/mol. The van der Waals surface area contributed by atoms with Crippen LogP contribution in [0, 0.1) is 0 Å². The van der Waals surface area contributed by atoms with Gasteiger partial charge in [0, 0.05) is 16.9 Å². The van der Waals surface area contributed by atoms with Crippen molar-refractivity contribution in [1.29, 1.82) is 0 Å². The minimum atomic E-state index is -0.526. The zero-order valence-corrected chi connectivity index (χ0v) is 34.4. The van der Waals surface area contributed by atoms with Crippen molar-refractivity contribution in [2.75, 3.05) is 4.90 Å². The molecule has 0 atom stereocenters. The molecule has 220 valence electrons. The second kappa shape index (κ2) is 12.0. The maximum Gasteiger partial charge on any atom is 0.141 e. The maximum atomic E-state index is 2.76. The van der Waals surface area contributed by atoms with Crippen molar-refractivity contribution < 1.29 is 0 Å². The fraction of sp³-hybridized carbons (Fsp3) is 0.172. The largest absolute Gasteiger partial charge is 0.337 e. The summed E-state index contributed by atoms with van der Waals surface area (Å²) in [6.07, 6.45) is 0. The second-order valence-electron chi connectivity index (χ2n) is 16.7. The highest BCUT2D eigenvalue weighted by atomic mass is 15.2. The second-order valence-corrected chi connectivity index (χ2v) is 16.7. The van der Waals surface area contributed by atoms with Crippen LogP contribution >= 0.6 is 0 Å². The molecule has 5 rings (SSSR count). The molecule has 0 N–H and O–H groups in total. The lowest BCUT2D eigenvalue weighted by atomic mass is 9.44. The Morgan fingerprint density at radius 2 is 0.479 bits per heavy atom. The summed E-state index contributed by atoms with van der Waals surface area (Å²) in [6.45, 7) is 7.23. The van der Waals surface area contributed by atoms with E-state index in [0.29, 0.717) is 0 Å². The maximum absolute atomic E-state index is 2.76. The van der Waals surface area contributed by atoms with Crippen LogP contribution in [0.15, 0.2) is 0 Å². The van der Waals surface area contributed by atoms with Crippen LogP contribution in [-0.4, -0.2) is 147 Å². The van der Waals surface area contributed by atoms with E-state index in [9.17, 15) is 0 Å². The fourth-order valence-electron chi connectivity index (χ4n) is 9.72. The molecule has 1 aliphatic heterocycles. The molecular weight excluding hydrogens is 557 g/mol. The van der Waals surface area contributed by atoms with E-state index >= 15 is 0 Å². The average Bonchev–Trinajstić information content (AvgIpc) is 3.02. The van der Waals surface area contributed by atoms with Crippen LogP contribution < -0.4 is 103 Å². The number of nitrogens with zero attached hydrogens (tertiary/aromatic N) is 1. The van der Waals surface area contributed by atoms with Crippen molar-refractivity contribution in [2.45, 2.75) is 31.7 Å². The topological polar surface area (TPSA) is 3.24 Å². The van der Waals surface area contributed by atoms with Crippen LogP contribution in [0.1, 0.15) is 43.0 Å². The number of benzene rings is 4. The van der Waals surface area contributed by atoms with Crippen molar-refractivity contribution in [3.63, 3.8) is 0 Å². The summed E-state index contributed by atoms with van der Waals surface area (Å²) < 4.78 is 0. The normalized spacial score (nSPS) is 13.7. The van der Waals surface area contributed by atoms with Crippen LogP contribution in [0.3, 0.4) is 0 Å². The van der Waals surface area contributed by atoms with Gasteiger partial charge in [-0.25, -0.2) is 0 Å². The molecule has 0 saturated heterocycles. The predicted molar refractivity (Wildman–Crippen MR) is 274 cm³/mol. The minimum Gasteiger partial charge on any atom is -0.337 e. The van der Waals surface area contributed by atoms with Gasteiger partial charge in [-0.05, 0) is 43.0 Å². The molecule has 1 aliphatic rings. The lowest BCUT2D eigenvalue weighted by Crippen LogP contribution is -2.69. The molecule has 0 radical (unpaired) electrons. The summed E-state index contributed by atoms with van der Waals surface area (Å²) in [5, 5.41) is 0. The van der Waals surface area contributed by atoms with E-state index in [1.54, 1.807) is 0 Å². The number of hydrogen-bond donors (Lipinski definition) is 0. The van der Waals surface area contributed by atoms with Crippen LogP contribution in [0.2, 0.25) is 0 Å². The van der Waals surface area contributed by atoms with E-state index in [-0.39, 0.29) is 5.54 Å². The first-order valence-electron chi connectivity index (χ1n) is 18.2. The molecule has 0 bridgehead atoms. The lowest BCUT2D eigenvalue weighted by molar-refractivity contribution is 0.548. The first kappa shape index (κ1) is 37.1. The van der Waals surface area contributed by atoms with E-state index in [2.05, 4.69) is 167 Å². The van der Waals surface area contributed by atoms with Crippen LogP contribution in [0.5, 0.6) is 0 Å². The molecule has 48 heavy (non-hydrogen) atoms. The number of hydrogen-bond acceptors (Lipinski definition) is 1. The summed E-state index contributed by atoms with van der Waals surface area (Å²) in [6, 6.07) is 0. The minimum absolute atomic E-state index is 0.153. The Bertz CT molecular complexity index is 1920. The number of fused-ring (bicyclic) bond motifs is 2. The van der Waals surface area contributed by atoms with Gasteiger partial charge in [0.1, 0.15) is 141 Å². The zero-order valence-electron chi connectivity index (χ0n) is 34.4. The molecule has 0 saturated carbocycles. The summed E-state index contributed by atoms with van der Waals surface area (Å²) in [7, 11) is 42.9. The van der Waals surface area contributed by atoms with Crippen molar-refractivity contribution in [2.24, 2.45) is 0 Å². The Balaban J connectivity index is 2.40.